The molecule has 0 radical (unpaired) electrons. The Morgan fingerprint density at radius 2 is 2.25 bits per heavy atom. The quantitative estimate of drug-likeness (QED) is 0.628. The highest BCUT2D eigenvalue weighted by atomic mass is 79.9. The summed E-state index contributed by atoms with van der Waals surface area (Å²) < 4.78 is 2.80. The van der Waals surface area contributed by atoms with Crippen molar-refractivity contribution in [2.24, 2.45) is 0 Å². The first-order valence-electron chi connectivity index (χ1n) is 4.81. The fourth-order valence-electron chi connectivity index (χ4n) is 1.57. The molecule has 0 unspecified atom stereocenters. The fraction of sp³-hybridized carbons (Fsp3) is 0.300. The molecule has 0 bridgehead atoms. The highest BCUT2D eigenvalue weighted by molar-refractivity contribution is 9.10. The zero-order valence-electron chi connectivity index (χ0n) is 8.85. The Morgan fingerprint density at radius 3 is 2.81 bits per heavy atom. The maximum Gasteiger partial charge on any atom is 0.288 e. The first kappa shape index (κ1) is 11.1. The van der Waals surface area contributed by atoms with Crippen LogP contribution in [0.2, 0.25) is 0 Å². The largest absolute Gasteiger partial charge is 0.329 e. The van der Waals surface area contributed by atoms with Crippen molar-refractivity contribution in [2.45, 2.75) is 19.9 Å². The van der Waals surface area contributed by atoms with Gasteiger partial charge in [0.25, 0.3) is 5.69 Å². The van der Waals surface area contributed by atoms with Crippen molar-refractivity contribution < 1.29 is 4.92 Å². The van der Waals surface area contributed by atoms with Gasteiger partial charge in [-0.15, -0.1) is 0 Å². The lowest BCUT2D eigenvalue weighted by atomic mass is 10.3. The van der Waals surface area contributed by atoms with Crippen LogP contribution in [-0.4, -0.2) is 14.5 Å². The summed E-state index contributed by atoms with van der Waals surface area (Å²) in [4.78, 5) is 14.3. The molecule has 0 N–H and O–H groups in total. The minimum absolute atomic E-state index is 0.00899. The van der Waals surface area contributed by atoms with Crippen LogP contribution in [0.1, 0.15) is 19.9 Å². The Hall–Kier alpha value is -1.43. The minimum Gasteiger partial charge on any atom is -0.329 e. The molecule has 2 rings (SSSR count). The Kier molecular flexibility index (Phi) is 2.67. The average Bonchev–Trinajstić information content (AvgIpc) is 2.56. The third kappa shape index (κ3) is 1.69. The van der Waals surface area contributed by atoms with Crippen LogP contribution in [0.4, 0.5) is 5.69 Å². The molecule has 0 spiro atoms. The van der Waals surface area contributed by atoms with Gasteiger partial charge in [-0.1, -0.05) is 0 Å². The standard InChI is InChI=1S/C10H10BrN3O2/c1-6(2)13-5-9(11)8-3-7(14(15)16)4-12-10(8)13/h3-6H,1-2H3. The van der Waals surface area contributed by atoms with Crippen molar-refractivity contribution in [1.82, 2.24) is 9.55 Å². The van der Waals surface area contributed by atoms with Crippen LogP contribution < -0.4 is 0 Å². The van der Waals surface area contributed by atoms with Gasteiger partial charge < -0.3 is 4.57 Å². The number of halogens is 1. The summed E-state index contributed by atoms with van der Waals surface area (Å²) in [6, 6.07) is 1.80. The van der Waals surface area contributed by atoms with E-state index in [4.69, 9.17) is 0 Å². The molecule has 84 valence electrons. The van der Waals surface area contributed by atoms with Crippen LogP contribution in [-0.2, 0) is 0 Å². The van der Waals surface area contributed by atoms with E-state index in [1.54, 1.807) is 0 Å². The lowest BCUT2D eigenvalue weighted by Crippen LogP contribution is -1.99. The van der Waals surface area contributed by atoms with Crippen molar-refractivity contribution in [3.05, 3.63) is 33.0 Å². The van der Waals surface area contributed by atoms with E-state index in [0.29, 0.717) is 0 Å². The van der Waals surface area contributed by atoms with Crippen molar-refractivity contribution in [3.8, 4) is 0 Å². The number of hydrogen-bond acceptors (Lipinski definition) is 3. The van der Waals surface area contributed by atoms with E-state index in [2.05, 4.69) is 20.9 Å². The molecule has 0 aliphatic carbocycles. The highest BCUT2D eigenvalue weighted by Crippen LogP contribution is 2.29. The van der Waals surface area contributed by atoms with Crippen molar-refractivity contribution >= 4 is 32.7 Å². The van der Waals surface area contributed by atoms with Crippen LogP contribution >= 0.6 is 15.9 Å². The van der Waals surface area contributed by atoms with Gasteiger partial charge in [-0.3, -0.25) is 10.1 Å². The normalized spacial score (nSPS) is 11.2. The predicted molar refractivity (Wildman–Crippen MR) is 64.5 cm³/mol. The number of nitrogens with zero attached hydrogens (tertiary/aromatic N) is 3. The van der Waals surface area contributed by atoms with Gasteiger partial charge in [0, 0.05) is 28.2 Å². The van der Waals surface area contributed by atoms with Crippen LogP contribution in [0.25, 0.3) is 11.0 Å². The highest BCUT2D eigenvalue weighted by Gasteiger charge is 2.14. The summed E-state index contributed by atoms with van der Waals surface area (Å²) in [5, 5.41) is 11.4. The molecule has 0 atom stereocenters. The third-order valence-corrected chi connectivity index (χ3v) is 3.01. The first-order valence-corrected chi connectivity index (χ1v) is 5.60. The monoisotopic (exact) mass is 283 g/mol. The Labute approximate surface area is 100 Å². The van der Waals surface area contributed by atoms with E-state index >= 15 is 0 Å². The molecule has 2 aromatic rings. The summed E-state index contributed by atoms with van der Waals surface area (Å²) >= 11 is 3.39. The molecule has 5 nitrogen and oxygen atoms in total. The topological polar surface area (TPSA) is 61.0 Å². The SMILES string of the molecule is CC(C)n1cc(Br)c2cc([N+](=O)[O-])cnc21. The van der Waals surface area contributed by atoms with Gasteiger partial charge in [0.15, 0.2) is 0 Å². The van der Waals surface area contributed by atoms with E-state index in [0.717, 1.165) is 15.5 Å². The van der Waals surface area contributed by atoms with Gasteiger partial charge in [-0.05, 0) is 29.8 Å². The molecule has 0 aliphatic heterocycles. The predicted octanol–water partition coefficient (Wildman–Crippen LogP) is 3.29. The average molecular weight is 284 g/mol. The number of fused-ring (bicyclic) bond motifs is 1. The molecule has 6 heteroatoms. The van der Waals surface area contributed by atoms with Crippen molar-refractivity contribution in [2.75, 3.05) is 0 Å². The molecule has 0 aromatic carbocycles. The maximum absolute atomic E-state index is 10.6. The molecule has 2 aromatic heterocycles. The molecular formula is C10H10BrN3O2. The molecule has 0 fully saturated rings. The first-order chi connectivity index (χ1) is 7.50. The summed E-state index contributed by atoms with van der Waals surface area (Å²) in [7, 11) is 0. The number of pyridine rings is 1. The zero-order chi connectivity index (χ0) is 11.9. The summed E-state index contributed by atoms with van der Waals surface area (Å²) in [5.74, 6) is 0. The van der Waals surface area contributed by atoms with Gasteiger partial charge in [-0.25, -0.2) is 4.98 Å². The van der Waals surface area contributed by atoms with Gasteiger partial charge in [0.1, 0.15) is 11.8 Å². The molecule has 0 amide bonds. The molecule has 0 aliphatic rings. The number of nitro groups is 1. The van der Waals surface area contributed by atoms with E-state index in [1.165, 1.54) is 12.3 Å². The molecule has 2 heterocycles. The minimum atomic E-state index is -0.439. The molecule has 0 saturated heterocycles. The summed E-state index contributed by atoms with van der Waals surface area (Å²) in [6.07, 6.45) is 3.18. The van der Waals surface area contributed by atoms with Gasteiger partial charge in [0.2, 0.25) is 0 Å². The van der Waals surface area contributed by atoms with E-state index in [1.807, 2.05) is 24.6 Å². The van der Waals surface area contributed by atoms with E-state index in [9.17, 15) is 10.1 Å². The van der Waals surface area contributed by atoms with Crippen LogP contribution in [0.3, 0.4) is 0 Å². The van der Waals surface area contributed by atoms with Gasteiger partial charge >= 0.3 is 0 Å². The Morgan fingerprint density at radius 1 is 1.56 bits per heavy atom. The van der Waals surface area contributed by atoms with Crippen molar-refractivity contribution in [3.63, 3.8) is 0 Å². The molecule has 0 saturated carbocycles. The second-order valence-electron chi connectivity index (χ2n) is 3.80. The van der Waals surface area contributed by atoms with Gasteiger partial charge in [-0.2, -0.15) is 0 Å². The van der Waals surface area contributed by atoms with Gasteiger partial charge in [0.05, 0.1) is 4.92 Å². The second-order valence-corrected chi connectivity index (χ2v) is 4.65. The number of aromatic nitrogens is 2. The number of hydrogen-bond donors (Lipinski definition) is 0. The molecular weight excluding hydrogens is 274 g/mol. The van der Waals surface area contributed by atoms with E-state index in [-0.39, 0.29) is 11.7 Å². The maximum atomic E-state index is 10.6. The summed E-state index contributed by atoms with van der Waals surface area (Å²) in [6.45, 7) is 4.07. The Balaban J connectivity index is 2.71. The summed E-state index contributed by atoms with van der Waals surface area (Å²) in [5.41, 5.74) is 0.766. The lowest BCUT2D eigenvalue weighted by Gasteiger charge is -2.07. The van der Waals surface area contributed by atoms with Crippen molar-refractivity contribution in [1.29, 1.82) is 0 Å². The third-order valence-electron chi connectivity index (χ3n) is 2.37. The second kappa shape index (κ2) is 3.86. The fourth-order valence-corrected chi connectivity index (χ4v) is 2.09. The van der Waals surface area contributed by atoms with Crippen LogP contribution in [0.5, 0.6) is 0 Å². The number of rotatable bonds is 2. The lowest BCUT2D eigenvalue weighted by molar-refractivity contribution is -0.385. The van der Waals surface area contributed by atoms with Crippen LogP contribution in [0.15, 0.2) is 22.9 Å². The van der Waals surface area contributed by atoms with Crippen LogP contribution in [0, 0.1) is 10.1 Å². The smallest absolute Gasteiger partial charge is 0.288 e. The zero-order valence-corrected chi connectivity index (χ0v) is 10.4. The Bertz CT molecular complexity index is 562. The molecule has 16 heavy (non-hydrogen) atoms. The van der Waals surface area contributed by atoms with E-state index < -0.39 is 4.92 Å².